The van der Waals surface area contributed by atoms with Gasteiger partial charge < -0.3 is 14.4 Å². The zero-order chi connectivity index (χ0) is 16.6. The molecule has 2 aromatic rings. The average Bonchev–Trinajstić information content (AvgIpc) is 2.97. The lowest BCUT2D eigenvalue weighted by Crippen LogP contribution is -2.15. The first-order valence-corrected chi connectivity index (χ1v) is 7.15. The van der Waals surface area contributed by atoms with Gasteiger partial charge >= 0.3 is 5.97 Å². The van der Waals surface area contributed by atoms with Gasteiger partial charge in [-0.15, -0.1) is 0 Å². The minimum Gasteiger partial charge on any atom is -0.485 e. The summed E-state index contributed by atoms with van der Waals surface area (Å²) in [6, 6.07) is 3.21. The van der Waals surface area contributed by atoms with Crippen molar-refractivity contribution in [1.29, 1.82) is 0 Å². The highest BCUT2D eigenvalue weighted by molar-refractivity contribution is 5.94. The van der Waals surface area contributed by atoms with Crippen LogP contribution >= 0.6 is 0 Å². The van der Waals surface area contributed by atoms with E-state index in [1.165, 1.54) is 6.08 Å². The van der Waals surface area contributed by atoms with Crippen LogP contribution in [0.15, 0.2) is 30.5 Å². The van der Waals surface area contributed by atoms with Crippen LogP contribution in [0.2, 0.25) is 0 Å². The van der Waals surface area contributed by atoms with E-state index in [1.807, 2.05) is 6.92 Å². The van der Waals surface area contributed by atoms with Crippen LogP contribution in [0.25, 0.3) is 23.5 Å². The van der Waals surface area contributed by atoms with Crippen LogP contribution in [0.3, 0.4) is 0 Å². The van der Waals surface area contributed by atoms with Gasteiger partial charge in [0.2, 0.25) is 0 Å². The number of halogens is 1. The summed E-state index contributed by atoms with van der Waals surface area (Å²) in [6.45, 7) is 5.50. The Morgan fingerprint density at radius 2 is 2.35 bits per heavy atom. The molecule has 1 aromatic carbocycles. The summed E-state index contributed by atoms with van der Waals surface area (Å²) in [5.74, 6) is -0.781. The molecule has 0 amide bonds. The van der Waals surface area contributed by atoms with Crippen molar-refractivity contribution in [2.24, 2.45) is 0 Å². The summed E-state index contributed by atoms with van der Waals surface area (Å²) in [4.78, 5) is 15.4. The van der Waals surface area contributed by atoms with Gasteiger partial charge in [-0.25, -0.2) is 14.2 Å². The number of aryl methyl sites for hydroxylation is 1. The van der Waals surface area contributed by atoms with E-state index in [0.29, 0.717) is 23.2 Å². The fourth-order valence-corrected chi connectivity index (χ4v) is 2.51. The quantitative estimate of drug-likeness (QED) is 0.941. The van der Waals surface area contributed by atoms with Crippen LogP contribution in [-0.2, 0) is 11.2 Å². The van der Waals surface area contributed by atoms with Crippen molar-refractivity contribution in [3.63, 3.8) is 0 Å². The Hall–Kier alpha value is -2.89. The third-order valence-corrected chi connectivity index (χ3v) is 3.70. The topological polar surface area (TPSA) is 64.3 Å². The summed E-state index contributed by atoms with van der Waals surface area (Å²) in [7, 11) is 0. The van der Waals surface area contributed by atoms with Crippen LogP contribution < -0.4 is 4.74 Å². The van der Waals surface area contributed by atoms with Gasteiger partial charge in [0.05, 0.1) is 11.3 Å². The second-order valence-corrected chi connectivity index (χ2v) is 5.09. The van der Waals surface area contributed by atoms with Gasteiger partial charge in [-0.05, 0) is 12.1 Å². The molecule has 0 atom stereocenters. The molecule has 3 rings (SSSR count). The third-order valence-electron chi connectivity index (χ3n) is 3.70. The molecule has 0 unspecified atom stereocenters. The zero-order valence-corrected chi connectivity index (χ0v) is 12.5. The molecule has 2 heterocycles. The normalized spacial score (nSPS) is 13.0. The van der Waals surface area contributed by atoms with Crippen molar-refractivity contribution in [3.05, 3.63) is 47.7 Å². The summed E-state index contributed by atoms with van der Waals surface area (Å²) >= 11 is 0. The van der Waals surface area contributed by atoms with Crippen molar-refractivity contribution in [1.82, 2.24) is 9.55 Å². The number of ether oxygens (including phenoxy) is 1. The highest BCUT2D eigenvalue weighted by atomic mass is 19.1. The number of carbonyl (C=O) groups is 1. The predicted octanol–water partition coefficient (Wildman–Crippen LogP) is 3.21. The van der Waals surface area contributed by atoms with Gasteiger partial charge in [0.25, 0.3) is 0 Å². The Morgan fingerprint density at radius 3 is 2.96 bits per heavy atom. The number of aromatic nitrogens is 2. The third kappa shape index (κ3) is 2.52. The first-order chi connectivity index (χ1) is 11.0. The second-order valence-electron chi connectivity index (χ2n) is 5.09. The van der Waals surface area contributed by atoms with E-state index in [9.17, 15) is 9.18 Å². The Labute approximate surface area is 132 Å². The molecular weight excluding hydrogens is 299 g/mol. The van der Waals surface area contributed by atoms with E-state index < -0.39 is 11.8 Å². The monoisotopic (exact) mass is 314 g/mol. The number of carboxylic acids is 1. The molecule has 5 nitrogen and oxygen atoms in total. The number of hydrogen-bond donors (Lipinski definition) is 1. The Balaban J connectivity index is 2.09. The first kappa shape index (κ1) is 15.0. The summed E-state index contributed by atoms with van der Waals surface area (Å²) in [5, 5.41) is 8.99. The van der Waals surface area contributed by atoms with E-state index in [4.69, 9.17) is 9.84 Å². The van der Waals surface area contributed by atoms with E-state index in [2.05, 4.69) is 11.6 Å². The molecule has 0 fully saturated rings. The lowest BCUT2D eigenvalue weighted by Gasteiger charge is -2.17. The Bertz CT molecular complexity index is 837. The number of hydrogen-bond acceptors (Lipinski definition) is 3. The van der Waals surface area contributed by atoms with Crippen molar-refractivity contribution in [3.8, 4) is 17.0 Å². The minimum atomic E-state index is -1.07. The number of aliphatic carboxylic acids is 1. The Kier molecular flexibility index (Phi) is 3.73. The predicted molar refractivity (Wildman–Crippen MR) is 84.5 cm³/mol. The maximum absolute atomic E-state index is 14.7. The highest BCUT2D eigenvalue weighted by Crippen LogP contribution is 2.35. The lowest BCUT2D eigenvalue weighted by molar-refractivity contribution is -0.132. The van der Waals surface area contributed by atoms with Crippen LogP contribution in [0.5, 0.6) is 5.75 Å². The zero-order valence-electron chi connectivity index (χ0n) is 12.5. The molecule has 1 aromatic heterocycles. The SMILES string of the molecule is C=Cn1cc(-c2ccc3c(c2F)OCC(C(=O)O)=C3)nc1CC. The summed E-state index contributed by atoms with van der Waals surface area (Å²) in [5.41, 5.74) is 1.30. The molecule has 118 valence electrons. The molecule has 0 saturated carbocycles. The maximum Gasteiger partial charge on any atom is 0.335 e. The molecule has 1 aliphatic rings. The van der Waals surface area contributed by atoms with Crippen molar-refractivity contribution in [2.75, 3.05) is 6.61 Å². The lowest BCUT2D eigenvalue weighted by atomic mass is 10.0. The van der Waals surface area contributed by atoms with E-state index >= 15 is 0 Å². The first-order valence-electron chi connectivity index (χ1n) is 7.15. The summed E-state index contributed by atoms with van der Waals surface area (Å²) < 4.78 is 21.8. The number of carboxylic acid groups (broad SMARTS) is 1. The van der Waals surface area contributed by atoms with Crippen LogP contribution in [0.1, 0.15) is 18.3 Å². The maximum atomic E-state index is 14.7. The van der Waals surface area contributed by atoms with Crippen LogP contribution in [-0.4, -0.2) is 27.2 Å². The molecule has 23 heavy (non-hydrogen) atoms. The van der Waals surface area contributed by atoms with Gasteiger partial charge in [0.1, 0.15) is 12.4 Å². The van der Waals surface area contributed by atoms with Crippen LogP contribution in [0, 0.1) is 5.82 Å². The molecule has 0 saturated heterocycles. The number of fused-ring (bicyclic) bond motifs is 1. The molecule has 0 aliphatic carbocycles. The van der Waals surface area contributed by atoms with E-state index in [-0.39, 0.29) is 17.9 Å². The molecule has 0 bridgehead atoms. The van der Waals surface area contributed by atoms with Crippen molar-refractivity contribution < 1.29 is 19.0 Å². The molecule has 0 radical (unpaired) electrons. The molecular formula is C17H15FN2O3. The van der Waals surface area contributed by atoms with Gasteiger partial charge in [0.15, 0.2) is 11.6 Å². The van der Waals surface area contributed by atoms with Crippen molar-refractivity contribution >= 4 is 18.2 Å². The molecule has 1 aliphatic heterocycles. The number of nitrogens with zero attached hydrogens (tertiary/aromatic N) is 2. The van der Waals surface area contributed by atoms with Crippen molar-refractivity contribution in [2.45, 2.75) is 13.3 Å². The summed E-state index contributed by atoms with van der Waals surface area (Å²) in [6.07, 6.45) is 5.44. The van der Waals surface area contributed by atoms with Gasteiger partial charge in [-0.3, -0.25) is 0 Å². The van der Waals surface area contributed by atoms with Crippen LogP contribution in [0.4, 0.5) is 4.39 Å². The molecule has 6 heteroatoms. The minimum absolute atomic E-state index is 0.0544. The van der Waals surface area contributed by atoms with Gasteiger partial charge in [0, 0.05) is 29.9 Å². The average molecular weight is 314 g/mol. The Morgan fingerprint density at radius 1 is 1.57 bits per heavy atom. The second kappa shape index (κ2) is 5.72. The van der Waals surface area contributed by atoms with E-state index in [1.54, 1.807) is 29.1 Å². The van der Waals surface area contributed by atoms with Gasteiger partial charge in [-0.2, -0.15) is 0 Å². The highest BCUT2D eigenvalue weighted by Gasteiger charge is 2.23. The smallest absolute Gasteiger partial charge is 0.335 e. The molecule has 0 spiro atoms. The standard InChI is InChI=1S/C17H15FN2O3/c1-3-14-19-13(8-20(14)4-2)12-6-5-10-7-11(17(21)22)9-23-16(10)15(12)18/h4-8H,2-3,9H2,1H3,(H,21,22). The largest absolute Gasteiger partial charge is 0.485 e. The van der Waals surface area contributed by atoms with E-state index in [0.717, 1.165) is 5.82 Å². The fourth-order valence-electron chi connectivity index (χ4n) is 2.51. The number of imidazole rings is 1. The fraction of sp³-hybridized carbons (Fsp3) is 0.176. The van der Waals surface area contributed by atoms with Gasteiger partial charge in [-0.1, -0.05) is 19.6 Å². The number of benzene rings is 1. The number of rotatable bonds is 4. The molecule has 1 N–H and O–H groups in total.